The second-order valence-electron chi connectivity index (χ2n) is 6.02. The number of nitrogens with zero attached hydrogens (tertiary/aromatic N) is 3. The Labute approximate surface area is 151 Å². The minimum Gasteiger partial charge on any atom is -0.313 e. The molecule has 0 aliphatic heterocycles. The maximum atomic E-state index is 13.9. The molecule has 1 aromatic heterocycles. The summed E-state index contributed by atoms with van der Waals surface area (Å²) in [6.07, 6.45) is 1.99. The largest absolute Gasteiger partial charge is 0.313 e. The van der Waals surface area contributed by atoms with Crippen molar-refractivity contribution in [1.82, 2.24) is 4.57 Å². The maximum absolute atomic E-state index is 13.9. The number of halogens is 2. The van der Waals surface area contributed by atoms with Gasteiger partial charge in [0.1, 0.15) is 11.5 Å². The van der Waals surface area contributed by atoms with Gasteiger partial charge in [-0.3, -0.25) is 10.1 Å². The molecule has 5 nitrogen and oxygen atoms in total. The zero-order chi connectivity index (χ0) is 18.3. The first-order chi connectivity index (χ1) is 12.5. The molecule has 26 heavy (non-hydrogen) atoms. The second kappa shape index (κ2) is 6.45. The first-order valence-electron chi connectivity index (χ1n) is 7.97. The minimum atomic E-state index is -0.711. The molecular formula is C18H13F2N3O2S. The average molecular weight is 373 g/mol. The van der Waals surface area contributed by atoms with Crippen LogP contribution in [0.15, 0.2) is 52.8 Å². The van der Waals surface area contributed by atoms with Crippen LogP contribution in [0.2, 0.25) is 0 Å². The lowest BCUT2D eigenvalue weighted by Gasteiger charge is -2.07. The monoisotopic (exact) mass is 373 g/mol. The van der Waals surface area contributed by atoms with Gasteiger partial charge in [0.25, 0.3) is 5.69 Å². The average Bonchev–Trinajstić information content (AvgIpc) is 3.37. The van der Waals surface area contributed by atoms with E-state index in [9.17, 15) is 18.9 Å². The second-order valence-corrected chi connectivity index (χ2v) is 6.85. The summed E-state index contributed by atoms with van der Waals surface area (Å²) in [5.41, 5.74) is 1.83. The highest BCUT2D eigenvalue weighted by atomic mass is 32.1. The van der Waals surface area contributed by atoms with Crippen molar-refractivity contribution in [1.29, 1.82) is 0 Å². The van der Waals surface area contributed by atoms with Gasteiger partial charge in [-0.2, -0.15) is 0 Å². The number of rotatable bonds is 4. The third-order valence-corrected chi connectivity index (χ3v) is 4.99. The fraction of sp³-hybridized carbons (Fsp3) is 0.167. The van der Waals surface area contributed by atoms with Crippen molar-refractivity contribution < 1.29 is 13.7 Å². The Morgan fingerprint density at radius 2 is 1.88 bits per heavy atom. The van der Waals surface area contributed by atoms with Gasteiger partial charge in [0, 0.05) is 29.6 Å². The van der Waals surface area contributed by atoms with Crippen LogP contribution in [0.25, 0.3) is 11.3 Å². The number of benzene rings is 2. The Morgan fingerprint density at radius 1 is 1.15 bits per heavy atom. The molecule has 0 atom stereocenters. The van der Waals surface area contributed by atoms with Crippen molar-refractivity contribution in [3.8, 4) is 11.3 Å². The quantitative estimate of drug-likeness (QED) is 0.479. The number of nitro benzene ring substituents is 1. The first kappa shape index (κ1) is 16.6. The van der Waals surface area contributed by atoms with Crippen LogP contribution in [0.4, 0.5) is 20.2 Å². The van der Waals surface area contributed by atoms with Crippen LogP contribution < -0.4 is 4.80 Å². The van der Waals surface area contributed by atoms with E-state index in [-0.39, 0.29) is 17.4 Å². The lowest BCUT2D eigenvalue weighted by molar-refractivity contribution is -0.384. The zero-order valence-electron chi connectivity index (χ0n) is 13.4. The summed E-state index contributed by atoms with van der Waals surface area (Å²) in [7, 11) is 0. The Hall–Kier alpha value is -2.87. The van der Waals surface area contributed by atoms with E-state index < -0.39 is 16.6 Å². The molecule has 4 rings (SSSR count). The fourth-order valence-corrected chi connectivity index (χ4v) is 3.71. The van der Waals surface area contributed by atoms with Crippen LogP contribution in [0.5, 0.6) is 0 Å². The van der Waals surface area contributed by atoms with E-state index in [1.807, 2.05) is 9.95 Å². The van der Waals surface area contributed by atoms with Gasteiger partial charge in [-0.05, 0) is 42.7 Å². The molecule has 0 saturated heterocycles. The summed E-state index contributed by atoms with van der Waals surface area (Å²) >= 11 is 1.36. The Bertz CT molecular complexity index is 1050. The van der Waals surface area contributed by atoms with Gasteiger partial charge in [-0.1, -0.05) is 0 Å². The van der Waals surface area contributed by atoms with Gasteiger partial charge in [0.2, 0.25) is 0 Å². The van der Waals surface area contributed by atoms with Gasteiger partial charge in [0.15, 0.2) is 10.6 Å². The maximum Gasteiger partial charge on any atom is 0.269 e. The number of hydrogen-bond donors (Lipinski definition) is 0. The normalized spacial score (nSPS) is 14.6. The predicted molar refractivity (Wildman–Crippen MR) is 94.3 cm³/mol. The highest BCUT2D eigenvalue weighted by Crippen LogP contribution is 2.38. The molecule has 132 valence electrons. The van der Waals surface area contributed by atoms with Gasteiger partial charge in [-0.15, -0.1) is 11.3 Å². The highest BCUT2D eigenvalue weighted by Gasteiger charge is 2.27. The standard InChI is InChI=1S/C18H13F2N3O2S/c19-12-3-8-16(15(20)9-12)21-18-22(13-6-7-13)17(10-26-18)11-1-4-14(5-2-11)23(24)25/h1-5,8-10,13H,6-7H2. The van der Waals surface area contributed by atoms with Crippen molar-refractivity contribution >= 4 is 22.7 Å². The Morgan fingerprint density at radius 3 is 2.50 bits per heavy atom. The van der Waals surface area contributed by atoms with Gasteiger partial charge < -0.3 is 4.57 Å². The molecule has 2 aromatic carbocycles. The number of hydrogen-bond acceptors (Lipinski definition) is 4. The van der Waals surface area contributed by atoms with Gasteiger partial charge in [-0.25, -0.2) is 13.8 Å². The summed E-state index contributed by atoms with van der Waals surface area (Å²) in [6, 6.07) is 9.88. The fourth-order valence-electron chi connectivity index (χ4n) is 2.73. The molecule has 0 bridgehead atoms. The molecule has 3 aromatic rings. The van der Waals surface area contributed by atoms with Crippen LogP contribution in [-0.4, -0.2) is 9.49 Å². The van der Waals surface area contributed by atoms with E-state index in [4.69, 9.17) is 0 Å². The molecule has 8 heteroatoms. The SMILES string of the molecule is O=[N+]([O-])c1ccc(-c2csc(=Nc3ccc(F)cc3F)n2C2CC2)cc1. The lowest BCUT2D eigenvalue weighted by Crippen LogP contribution is -2.14. The van der Waals surface area contributed by atoms with Crippen molar-refractivity contribution in [2.75, 3.05) is 0 Å². The Kier molecular flexibility index (Phi) is 4.12. The summed E-state index contributed by atoms with van der Waals surface area (Å²) in [5, 5.41) is 12.7. The Balaban J connectivity index is 1.81. The third kappa shape index (κ3) is 3.15. The van der Waals surface area contributed by atoms with Gasteiger partial charge in [0.05, 0.1) is 10.6 Å². The molecule has 0 spiro atoms. The molecule has 1 aliphatic rings. The van der Waals surface area contributed by atoms with Crippen molar-refractivity contribution in [3.05, 3.63) is 74.4 Å². The number of aromatic nitrogens is 1. The summed E-state index contributed by atoms with van der Waals surface area (Å²) in [5.74, 6) is -1.35. The molecule has 1 aliphatic carbocycles. The third-order valence-electron chi connectivity index (χ3n) is 4.15. The number of non-ortho nitro benzene ring substituents is 1. The topological polar surface area (TPSA) is 60.4 Å². The van der Waals surface area contributed by atoms with Crippen LogP contribution in [0.3, 0.4) is 0 Å². The molecule has 1 heterocycles. The summed E-state index contributed by atoms with van der Waals surface area (Å²) in [4.78, 5) is 15.4. The molecule has 0 amide bonds. The molecule has 0 unspecified atom stereocenters. The number of nitro groups is 1. The smallest absolute Gasteiger partial charge is 0.269 e. The molecule has 0 radical (unpaired) electrons. The molecule has 1 fully saturated rings. The van der Waals surface area contributed by atoms with Crippen molar-refractivity contribution in [2.24, 2.45) is 4.99 Å². The molecule has 1 saturated carbocycles. The van der Waals surface area contributed by atoms with E-state index in [0.717, 1.165) is 30.2 Å². The zero-order valence-corrected chi connectivity index (χ0v) is 14.2. The number of thiazole rings is 1. The van der Waals surface area contributed by atoms with Crippen LogP contribution >= 0.6 is 11.3 Å². The van der Waals surface area contributed by atoms with Crippen molar-refractivity contribution in [2.45, 2.75) is 18.9 Å². The van der Waals surface area contributed by atoms with E-state index in [0.29, 0.717) is 4.80 Å². The lowest BCUT2D eigenvalue weighted by atomic mass is 10.1. The molecule has 0 N–H and O–H groups in total. The van der Waals surface area contributed by atoms with E-state index in [2.05, 4.69) is 4.99 Å². The summed E-state index contributed by atoms with van der Waals surface area (Å²) in [6.45, 7) is 0. The minimum absolute atomic E-state index is 0.0280. The van der Waals surface area contributed by atoms with Crippen molar-refractivity contribution in [3.63, 3.8) is 0 Å². The van der Waals surface area contributed by atoms with Crippen LogP contribution in [0.1, 0.15) is 18.9 Å². The summed E-state index contributed by atoms with van der Waals surface area (Å²) < 4.78 is 29.0. The van der Waals surface area contributed by atoms with E-state index in [1.165, 1.54) is 35.6 Å². The van der Waals surface area contributed by atoms with E-state index >= 15 is 0 Å². The highest BCUT2D eigenvalue weighted by molar-refractivity contribution is 7.07. The van der Waals surface area contributed by atoms with E-state index in [1.54, 1.807) is 12.1 Å². The van der Waals surface area contributed by atoms with Gasteiger partial charge >= 0.3 is 0 Å². The van der Waals surface area contributed by atoms with Crippen LogP contribution in [-0.2, 0) is 0 Å². The molecular weight excluding hydrogens is 360 g/mol. The first-order valence-corrected chi connectivity index (χ1v) is 8.85. The predicted octanol–water partition coefficient (Wildman–Crippen LogP) is 4.97. The van der Waals surface area contributed by atoms with Crippen LogP contribution in [0, 0.1) is 21.7 Å².